The first kappa shape index (κ1) is 22.4. The lowest BCUT2D eigenvalue weighted by molar-refractivity contribution is -0.190. The molecule has 1 aromatic carbocycles. The van der Waals surface area contributed by atoms with Crippen LogP contribution in [0.1, 0.15) is 25.1 Å². The highest BCUT2D eigenvalue weighted by atomic mass is 19.1. The minimum atomic E-state index is -1.34. The second kappa shape index (κ2) is 9.76. The Hall–Kier alpha value is -2.82. The molecular formula is C22H29FN6O3. The van der Waals surface area contributed by atoms with E-state index in [0.29, 0.717) is 6.54 Å². The predicted molar refractivity (Wildman–Crippen MR) is 114 cm³/mol. The number of halogens is 1. The van der Waals surface area contributed by atoms with Crippen molar-refractivity contribution in [3.63, 3.8) is 0 Å². The van der Waals surface area contributed by atoms with Gasteiger partial charge in [0.25, 0.3) is 0 Å². The van der Waals surface area contributed by atoms with Gasteiger partial charge >= 0.3 is 0 Å². The average Bonchev–Trinajstić information content (AvgIpc) is 3.52. The fourth-order valence-corrected chi connectivity index (χ4v) is 3.96. The zero-order valence-corrected chi connectivity index (χ0v) is 18.4. The fraction of sp³-hybridized carbons (Fsp3) is 0.500. The molecule has 1 saturated heterocycles. The summed E-state index contributed by atoms with van der Waals surface area (Å²) in [6.07, 6.45) is 7.43. The number of hydrogen-bond donors (Lipinski definition) is 1. The van der Waals surface area contributed by atoms with Gasteiger partial charge in [0.15, 0.2) is 0 Å². The Labute approximate surface area is 186 Å². The first-order valence-electron chi connectivity index (χ1n) is 10.9. The van der Waals surface area contributed by atoms with E-state index < -0.39 is 11.6 Å². The van der Waals surface area contributed by atoms with Crippen molar-refractivity contribution in [2.75, 3.05) is 26.2 Å². The number of likely N-dealkylation sites (N-methyl/N-ethyl adjacent to an activating group) is 1. The molecule has 2 aromatic heterocycles. The van der Waals surface area contributed by atoms with E-state index in [-0.39, 0.29) is 30.6 Å². The summed E-state index contributed by atoms with van der Waals surface area (Å²) in [5.41, 5.74) is 1.15. The number of nitrogens with zero attached hydrogens (tertiary/aromatic N) is 6. The van der Waals surface area contributed by atoms with Crippen LogP contribution in [0.2, 0.25) is 0 Å². The minimum Gasteiger partial charge on any atom is -0.508 e. The van der Waals surface area contributed by atoms with Crippen molar-refractivity contribution in [3.05, 3.63) is 60.2 Å². The lowest BCUT2D eigenvalue weighted by Crippen LogP contribution is -2.35. The lowest BCUT2D eigenvalue weighted by atomic mass is 10.0. The third-order valence-electron chi connectivity index (χ3n) is 5.73. The van der Waals surface area contributed by atoms with Gasteiger partial charge in [-0.1, -0.05) is 19.1 Å². The molecule has 0 unspecified atom stereocenters. The van der Waals surface area contributed by atoms with E-state index in [4.69, 9.17) is 9.47 Å². The molecule has 2 atom stereocenters. The molecule has 1 fully saturated rings. The Morgan fingerprint density at radius 3 is 2.88 bits per heavy atom. The largest absolute Gasteiger partial charge is 0.508 e. The van der Waals surface area contributed by atoms with E-state index in [0.717, 1.165) is 37.8 Å². The van der Waals surface area contributed by atoms with Gasteiger partial charge in [0.2, 0.25) is 5.79 Å². The first-order chi connectivity index (χ1) is 15.5. The number of rotatable bonds is 10. The topological polar surface area (TPSA) is 90.5 Å². The molecule has 1 aliphatic heterocycles. The van der Waals surface area contributed by atoms with Crippen molar-refractivity contribution >= 4 is 0 Å². The van der Waals surface area contributed by atoms with E-state index in [1.54, 1.807) is 28.0 Å². The molecule has 9 nitrogen and oxygen atoms in total. The Bertz CT molecular complexity index is 1010. The lowest BCUT2D eigenvalue weighted by Gasteiger charge is -2.29. The van der Waals surface area contributed by atoms with Gasteiger partial charge in [0.05, 0.1) is 31.7 Å². The number of phenols is 1. The summed E-state index contributed by atoms with van der Waals surface area (Å²) in [7, 11) is 0. The molecule has 0 aliphatic carbocycles. The summed E-state index contributed by atoms with van der Waals surface area (Å²) < 4.78 is 30.6. The van der Waals surface area contributed by atoms with Gasteiger partial charge in [-0.3, -0.25) is 0 Å². The quantitative estimate of drug-likeness (QED) is 0.513. The Kier molecular flexibility index (Phi) is 6.83. The zero-order valence-electron chi connectivity index (χ0n) is 18.4. The van der Waals surface area contributed by atoms with Gasteiger partial charge in [-0.05, 0) is 25.2 Å². The zero-order chi connectivity index (χ0) is 22.6. The normalized spacial score (nSPS) is 20.9. The van der Waals surface area contributed by atoms with Crippen LogP contribution in [0, 0.1) is 5.82 Å². The molecule has 1 aliphatic rings. The summed E-state index contributed by atoms with van der Waals surface area (Å²) in [6, 6.07) is 3.98. The van der Waals surface area contributed by atoms with Crippen LogP contribution in [0.3, 0.4) is 0 Å². The van der Waals surface area contributed by atoms with Gasteiger partial charge < -0.3 is 24.0 Å². The predicted octanol–water partition coefficient (Wildman–Crippen LogP) is 2.17. The standard InChI is InChI=1S/C22H29FN6O3/c1-3-27(4-2)9-7-17-12-29(26-25-17)13-19-14-31-22(32-19,15-28-10-8-24-16-28)20-6-5-18(30)11-21(20)23/h5-6,8,10-12,16,19,30H,3-4,7,9,13-15H2,1-2H3/t19-,22-/m0/s1. The van der Waals surface area contributed by atoms with Gasteiger partial charge in [-0.2, -0.15) is 0 Å². The van der Waals surface area contributed by atoms with Crippen molar-refractivity contribution in [1.82, 2.24) is 29.4 Å². The monoisotopic (exact) mass is 444 g/mol. The Morgan fingerprint density at radius 2 is 2.16 bits per heavy atom. The van der Waals surface area contributed by atoms with E-state index in [9.17, 15) is 9.50 Å². The molecule has 0 spiro atoms. The molecule has 3 aromatic rings. The van der Waals surface area contributed by atoms with Crippen molar-refractivity contribution in [2.24, 2.45) is 0 Å². The molecule has 1 N–H and O–H groups in total. The minimum absolute atomic E-state index is 0.154. The number of hydrogen-bond acceptors (Lipinski definition) is 7. The second-order valence-corrected chi connectivity index (χ2v) is 7.91. The number of imidazole rings is 1. The molecule has 0 amide bonds. The summed E-state index contributed by atoms with van der Waals surface area (Å²) >= 11 is 0. The highest BCUT2D eigenvalue weighted by Gasteiger charge is 2.45. The van der Waals surface area contributed by atoms with Crippen LogP contribution in [0.25, 0.3) is 0 Å². The maximum Gasteiger partial charge on any atom is 0.216 e. The molecule has 32 heavy (non-hydrogen) atoms. The molecule has 0 saturated carbocycles. The van der Waals surface area contributed by atoms with Crippen molar-refractivity contribution < 1.29 is 19.0 Å². The first-order valence-corrected chi connectivity index (χ1v) is 10.9. The number of benzene rings is 1. The number of ether oxygens (including phenoxy) is 2. The van der Waals surface area contributed by atoms with Gasteiger partial charge in [0, 0.05) is 43.2 Å². The van der Waals surface area contributed by atoms with E-state index >= 15 is 0 Å². The third-order valence-corrected chi connectivity index (χ3v) is 5.73. The SMILES string of the molecule is CCN(CC)CCc1cn(C[C@H]2CO[C@](Cn3ccnc3)(c3ccc(O)cc3F)O2)nn1. The Balaban J connectivity index is 1.47. The molecule has 0 bridgehead atoms. The smallest absolute Gasteiger partial charge is 0.216 e. The van der Waals surface area contributed by atoms with Crippen LogP contribution >= 0.6 is 0 Å². The molecule has 3 heterocycles. The third kappa shape index (κ3) is 4.98. The average molecular weight is 445 g/mol. The van der Waals surface area contributed by atoms with Gasteiger partial charge in [0.1, 0.15) is 17.7 Å². The van der Waals surface area contributed by atoms with Crippen LogP contribution in [0.15, 0.2) is 43.1 Å². The van der Waals surface area contributed by atoms with Crippen LogP contribution in [-0.2, 0) is 34.8 Å². The molecule has 4 rings (SSSR count). The highest BCUT2D eigenvalue weighted by molar-refractivity contribution is 5.31. The van der Waals surface area contributed by atoms with Crippen LogP contribution < -0.4 is 0 Å². The van der Waals surface area contributed by atoms with Crippen LogP contribution in [-0.4, -0.2) is 66.9 Å². The molecule has 172 valence electrons. The summed E-state index contributed by atoms with van der Waals surface area (Å²) in [5.74, 6) is -2.08. The molecular weight excluding hydrogens is 415 g/mol. The van der Waals surface area contributed by atoms with E-state index in [2.05, 4.69) is 34.0 Å². The Morgan fingerprint density at radius 1 is 1.31 bits per heavy atom. The number of aromatic hydroxyl groups is 1. The number of aromatic nitrogens is 5. The molecule has 0 radical (unpaired) electrons. The van der Waals surface area contributed by atoms with Crippen molar-refractivity contribution in [2.45, 2.75) is 45.2 Å². The number of phenolic OH excluding ortho intramolecular Hbond substituents is 1. The van der Waals surface area contributed by atoms with Crippen molar-refractivity contribution in [3.8, 4) is 5.75 Å². The fourth-order valence-electron chi connectivity index (χ4n) is 3.96. The van der Waals surface area contributed by atoms with E-state index in [1.165, 1.54) is 12.1 Å². The summed E-state index contributed by atoms with van der Waals surface area (Å²) in [4.78, 5) is 6.39. The van der Waals surface area contributed by atoms with Crippen LogP contribution in [0.4, 0.5) is 4.39 Å². The van der Waals surface area contributed by atoms with Crippen LogP contribution in [0.5, 0.6) is 5.75 Å². The van der Waals surface area contributed by atoms with Crippen molar-refractivity contribution in [1.29, 1.82) is 0 Å². The maximum absolute atomic E-state index is 14.8. The summed E-state index contributed by atoms with van der Waals surface area (Å²) in [6.45, 7) is 8.15. The highest BCUT2D eigenvalue weighted by Crippen LogP contribution is 2.38. The van der Waals surface area contributed by atoms with Gasteiger partial charge in [-0.15, -0.1) is 5.10 Å². The summed E-state index contributed by atoms with van der Waals surface area (Å²) in [5, 5.41) is 18.1. The second-order valence-electron chi connectivity index (χ2n) is 7.91. The van der Waals surface area contributed by atoms with E-state index in [1.807, 2.05) is 6.20 Å². The maximum atomic E-state index is 14.8. The molecule has 10 heteroatoms. The van der Waals surface area contributed by atoms with Gasteiger partial charge in [-0.25, -0.2) is 14.1 Å².